The molecule has 24 heavy (non-hydrogen) atoms. The Morgan fingerprint density at radius 2 is 1.17 bits per heavy atom. The average molecular weight is 304 g/mol. The van der Waals surface area contributed by atoms with Crippen molar-refractivity contribution in [3.05, 3.63) is 81.8 Å². The minimum atomic E-state index is -0.0110. The maximum atomic E-state index is 9.22. The minimum Gasteiger partial charge on any atom is -0.226 e. The lowest BCUT2D eigenvalue weighted by Gasteiger charge is -2.05. The predicted molar refractivity (Wildman–Crippen MR) is 92.0 cm³/mol. The van der Waals surface area contributed by atoms with Gasteiger partial charge in [0, 0.05) is 0 Å². The maximum Gasteiger partial charge on any atom is 0.269 e. The van der Waals surface area contributed by atoms with Crippen molar-refractivity contribution >= 4 is 32.9 Å². The van der Waals surface area contributed by atoms with Gasteiger partial charge in [-0.2, -0.15) is 0 Å². The Kier molecular flexibility index (Phi) is 3.66. The Morgan fingerprint density at radius 3 is 1.50 bits per heavy atom. The molecule has 3 aromatic carbocycles. The summed E-state index contributed by atoms with van der Waals surface area (Å²) in [7, 11) is 0. The second-order valence-electron chi connectivity index (χ2n) is 5.05. The molecule has 0 bridgehead atoms. The van der Waals surface area contributed by atoms with Crippen molar-refractivity contribution in [3.8, 4) is 12.1 Å². The highest BCUT2D eigenvalue weighted by Gasteiger charge is 2.07. The Hall–Kier alpha value is -4.12. The van der Waals surface area contributed by atoms with Gasteiger partial charge in [-0.1, -0.05) is 36.4 Å². The van der Waals surface area contributed by atoms with Gasteiger partial charge in [-0.3, -0.25) is 0 Å². The molecule has 0 aliphatic heterocycles. The van der Waals surface area contributed by atoms with E-state index in [0.29, 0.717) is 21.2 Å². The van der Waals surface area contributed by atoms with Gasteiger partial charge in [0.15, 0.2) is 0 Å². The van der Waals surface area contributed by atoms with Crippen molar-refractivity contribution in [3.63, 3.8) is 0 Å². The van der Waals surface area contributed by atoms with Crippen LogP contribution >= 0.6 is 0 Å². The number of nitriles is 2. The fourth-order valence-corrected chi connectivity index (χ4v) is 2.74. The van der Waals surface area contributed by atoms with Gasteiger partial charge in [-0.25, -0.2) is 20.2 Å². The molecular weight excluding hydrogens is 296 g/mol. The van der Waals surface area contributed by atoms with Crippen molar-refractivity contribution in [1.29, 1.82) is 10.5 Å². The average Bonchev–Trinajstić information content (AvgIpc) is 2.63. The third-order valence-electron chi connectivity index (χ3n) is 3.83. The normalized spacial score (nSPS) is 12.5. The predicted octanol–water partition coefficient (Wildman–Crippen LogP) is 3.10. The summed E-state index contributed by atoms with van der Waals surface area (Å²) in [6.45, 7) is 14.4. The Bertz CT molecular complexity index is 1150. The van der Waals surface area contributed by atoms with Crippen LogP contribution in [0.15, 0.2) is 48.5 Å². The number of nitrogens with zero attached hydrogens (tertiary/aromatic N) is 4. The van der Waals surface area contributed by atoms with Crippen LogP contribution in [0, 0.1) is 35.8 Å². The van der Waals surface area contributed by atoms with Crippen molar-refractivity contribution in [2.75, 3.05) is 0 Å². The summed E-state index contributed by atoms with van der Waals surface area (Å²) in [6, 6.07) is 18.6. The molecule has 0 saturated heterocycles. The molecule has 0 aliphatic rings. The van der Waals surface area contributed by atoms with E-state index in [4.69, 9.17) is 13.1 Å². The highest BCUT2D eigenvalue weighted by Crippen LogP contribution is 2.19. The molecule has 0 radical (unpaired) electrons. The number of benzene rings is 3. The minimum absolute atomic E-state index is 0.0110. The van der Waals surface area contributed by atoms with Crippen LogP contribution in [0.3, 0.4) is 0 Å². The zero-order valence-electron chi connectivity index (χ0n) is 12.4. The smallest absolute Gasteiger partial charge is 0.226 e. The molecule has 0 aliphatic carbocycles. The first kappa shape index (κ1) is 14.8. The lowest BCUT2D eigenvalue weighted by molar-refractivity contribution is 1.51. The fraction of sp³-hybridized carbons (Fsp3) is 0. The van der Waals surface area contributed by atoms with Crippen LogP contribution in [0.2, 0.25) is 0 Å². The van der Waals surface area contributed by atoms with Gasteiger partial charge < -0.3 is 0 Å². The number of fused-ring (bicyclic) bond motifs is 2. The van der Waals surface area contributed by atoms with E-state index >= 15 is 0 Å². The van der Waals surface area contributed by atoms with Crippen molar-refractivity contribution in [2.45, 2.75) is 0 Å². The molecule has 4 heteroatoms. The summed E-state index contributed by atoms with van der Waals surface area (Å²) in [4.78, 5) is 6.59. The molecule has 0 heterocycles. The van der Waals surface area contributed by atoms with E-state index in [2.05, 4.69) is 9.69 Å². The molecule has 108 valence electrons. The third kappa shape index (κ3) is 2.22. The zero-order valence-corrected chi connectivity index (χ0v) is 12.4. The van der Waals surface area contributed by atoms with E-state index in [1.54, 1.807) is 12.1 Å². The zero-order chi connectivity index (χ0) is 17.1. The Morgan fingerprint density at radius 1 is 0.750 bits per heavy atom. The van der Waals surface area contributed by atoms with Gasteiger partial charge in [0.1, 0.15) is 0 Å². The van der Waals surface area contributed by atoms with Gasteiger partial charge in [0.2, 0.25) is 0 Å². The first-order valence-corrected chi connectivity index (χ1v) is 6.98. The first-order chi connectivity index (χ1) is 11.7. The lowest BCUT2D eigenvalue weighted by Crippen LogP contribution is -2.14. The maximum absolute atomic E-state index is 9.22. The van der Waals surface area contributed by atoms with E-state index in [0.717, 1.165) is 10.8 Å². The molecule has 0 aromatic heterocycles. The molecule has 0 unspecified atom stereocenters. The number of hydrogen-bond donors (Lipinski definition) is 0. The number of rotatable bonds is 0. The molecule has 0 saturated carbocycles. The topological polar surface area (TPSA) is 56.3 Å². The molecule has 0 fully saturated rings. The van der Waals surface area contributed by atoms with E-state index < -0.39 is 0 Å². The molecule has 4 nitrogen and oxygen atoms in total. The molecule has 0 spiro atoms. The van der Waals surface area contributed by atoms with E-state index in [9.17, 15) is 10.5 Å². The van der Waals surface area contributed by atoms with Gasteiger partial charge in [-0.15, -0.1) is 0 Å². The Labute approximate surface area is 138 Å². The molecular formula is C20H8N4. The molecule has 0 amide bonds. The van der Waals surface area contributed by atoms with Crippen LogP contribution in [0.5, 0.6) is 0 Å². The first-order valence-electron chi connectivity index (χ1n) is 6.98. The van der Waals surface area contributed by atoms with Crippen molar-refractivity contribution in [1.82, 2.24) is 0 Å². The van der Waals surface area contributed by atoms with E-state index in [1.807, 2.05) is 48.5 Å². The molecule has 3 rings (SSSR count). The summed E-state index contributed by atoms with van der Waals surface area (Å²) in [6.07, 6.45) is 0. The Balaban J connectivity index is 2.74. The van der Waals surface area contributed by atoms with Gasteiger partial charge in [0.25, 0.3) is 11.4 Å². The molecule has 0 N–H and O–H groups in total. The highest BCUT2D eigenvalue weighted by molar-refractivity contribution is 6.00. The summed E-state index contributed by atoms with van der Waals surface area (Å²) in [5.41, 5.74) is -0.0219. The summed E-state index contributed by atoms with van der Waals surface area (Å²) < 4.78 is 0. The molecule has 0 atom stereocenters. The largest absolute Gasteiger partial charge is 0.269 e. The lowest BCUT2D eigenvalue weighted by atomic mass is 9.99. The second kappa shape index (κ2) is 5.94. The van der Waals surface area contributed by atoms with Crippen LogP contribution in [-0.2, 0) is 0 Å². The van der Waals surface area contributed by atoms with Crippen LogP contribution in [-0.4, -0.2) is 0 Å². The fourth-order valence-electron chi connectivity index (χ4n) is 2.74. The SMILES string of the molecule is [C-]#[N+]/C(C#N)=c1/cc/c(=C(\C#N)[N+]#[C-])c2cc3ccccc3cc12. The summed E-state index contributed by atoms with van der Waals surface area (Å²) in [5.74, 6) is 0. The van der Waals surface area contributed by atoms with Gasteiger partial charge in [-0.05, 0) is 44.1 Å². The third-order valence-corrected chi connectivity index (χ3v) is 3.83. The molecule has 3 aromatic rings. The van der Waals surface area contributed by atoms with Gasteiger partial charge in [0.05, 0.1) is 25.3 Å². The number of hydrogen-bond acceptors (Lipinski definition) is 2. The van der Waals surface area contributed by atoms with Crippen LogP contribution in [0.4, 0.5) is 0 Å². The second-order valence-corrected chi connectivity index (χ2v) is 5.05. The van der Waals surface area contributed by atoms with Crippen LogP contribution in [0.1, 0.15) is 0 Å². The van der Waals surface area contributed by atoms with E-state index in [1.165, 1.54) is 0 Å². The summed E-state index contributed by atoms with van der Waals surface area (Å²) >= 11 is 0. The van der Waals surface area contributed by atoms with Crippen LogP contribution < -0.4 is 10.4 Å². The summed E-state index contributed by atoms with van der Waals surface area (Å²) in [5, 5.41) is 22.8. The van der Waals surface area contributed by atoms with Crippen molar-refractivity contribution in [2.24, 2.45) is 0 Å². The highest BCUT2D eigenvalue weighted by atomic mass is 14.7. The van der Waals surface area contributed by atoms with Crippen molar-refractivity contribution < 1.29 is 0 Å². The monoisotopic (exact) mass is 304 g/mol. The van der Waals surface area contributed by atoms with Gasteiger partial charge >= 0.3 is 0 Å². The quantitative estimate of drug-likeness (QED) is 0.473. The van der Waals surface area contributed by atoms with Crippen LogP contribution in [0.25, 0.3) is 42.6 Å². The van der Waals surface area contributed by atoms with E-state index in [-0.39, 0.29) is 11.4 Å². The standard InChI is InChI=1S/C20H8N4/c1-23-19(11-21)15-7-8-16(20(12-22)24-2)18-10-14-6-4-3-5-13(14)9-17(15)18/h3-10H/b19-15-,20-16-.